The Bertz CT molecular complexity index is 567. The lowest BCUT2D eigenvalue weighted by molar-refractivity contribution is -0.120. The van der Waals surface area contributed by atoms with Gasteiger partial charge in [0, 0.05) is 24.6 Å². The van der Waals surface area contributed by atoms with E-state index in [4.69, 9.17) is 15.2 Å². The molecule has 1 heterocycles. The van der Waals surface area contributed by atoms with Crippen molar-refractivity contribution in [2.45, 2.75) is 39.2 Å². The highest BCUT2D eigenvalue weighted by Gasteiger charge is 2.48. The maximum atomic E-state index is 12.4. The molecular weight excluding hydrogens is 268 g/mol. The summed E-state index contributed by atoms with van der Waals surface area (Å²) in [7, 11) is 0. The number of nitrogens with one attached hydrogen (secondary N) is 1. The van der Waals surface area contributed by atoms with Crippen molar-refractivity contribution in [1.29, 1.82) is 0 Å². The second-order valence-corrected chi connectivity index (χ2v) is 5.96. The minimum absolute atomic E-state index is 0.0167. The molecule has 0 aromatic heterocycles. The van der Waals surface area contributed by atoms with Gasteiger partial charge in [0.1, 0.15) is 17.6 Å². The van der Waals surface area contributed by atoms with Crippen molar-refractivity contribution < 1.29 is 14.3 Å². The zero-order valence-corrected chi connectivity index (χ0v) is 12.6. The van der Waals surface area contributed by atoms with Crippen molar-refractivity contribution in [3.05, 3.63) is 17.7 Å². The molecule has 0 radical (unpaired) electrons. The van der Waals surface area contributed by atoms with E-state index in [0.717, 1.165) is 30.6 Å². The number of nitrogens with two attached hydrogens (primary N) is 1. The molecule has 1 saturated carbocycles. The smallest absolute Gasteiger partial charge is 0.231 e. The third-order valence-corrected chi connectivity index (χ3v) is 4.27. The molecule has 1 aromatic carbocycles. The van der Waals surface area contributed by atoms with Gasteiger partial charge in [-0.05, 0) is 32.8 Å². The van der Waals surface area contributed by atoms with Gasteiger partial charge in [-0.25, -0.2) is 0 Å². The Morgan fingerprint density at radius 1 is 1.52 bits per heavy atom. The van der Waals surface area contributed by atoms with Crippen molar-refractivity contribution in [2.24, 2.45) is 11.1 Å². The summed E-state index contributed by atoms with van der Waals surface area (Å²) in [4.78, 5) is 12.4. The van der Waals surface area contributed by atoms with E-state index in [-0.39, 0.29) is 17.4 Å². The van der Waals surface area contributed by atoms with E-state index in [1.54, 1.807) is 0 Å². The number of ether oxygens (including phenoxy) is 2. The molecule has 1 aromatic rings. The molecule has 0 bridgehead atoms. The standard InChI is InChI=1S/C16H22N2O3/c1-3-20-14-7-11-6-10(2)21-13(11)8-12(14)18-15(19)16(9-17)4-5-16/h7-8,10H,3-6,9,17H2,1-2H3,(H,18,19). The largest absolute Gasteiger partial charge is 0.492 e. The normalized spacial score (nSPS) is 21.4. The lowest BCUT2D eigenvalue weighted by Gasteiger charge is -2.17. The van der Waals surface area contributed by atoms with Gasteiger partial charge in [-0.2, -0.15) is 0 Å². The fourth-order valence-electron chi connectivity index (χ4n) is 2.74. The number of amides is 1. The first-order valence-electron chi connectivity index (χ1n) is 7.56. The van der Waals surface area contributed by atoms with Crippen LogP contribution in [0.25, 0.3) is 0 Å². The number of hydrogen-bond acceptors (Lipinski definition) is 4. The summed E-state index contributed by atoms with van der Waals surface area (Å²) in [5.74, 6) is 1.52. The molecule has 1 aliphatic carbocycles. The van der Waals surface area contributed by atoms with Gasteiger partial charge in [0.2, 0.25) is 5.91 Å². The minimum atomic E-state index is -0.378. The van der Waals surface area contributed by atoms with E-state index in [2.05, 4.69) is 5.32 Å². The highest BCUT2D eigenvalue weighted by Crippen LogP contribution is 2.46. The molecule has 1 atom stereocenters. The van der Waals surface area contributed by atoms with Crippen molar-refractivity contribution in [3.8, 4) is 11.5 Å². The molecule has 3 N–H and O–H groups in total. The fourth-order valence-corrected chi connectivity index (χ4v) is 2.74. The molecule has 114 valence electrons. The maximum Gasteiger partial charge on any atom is 0.231 e. The molecule has 1 fully saturated rings. The number of benzene rings is 1. The molecule has 0 spiro atoms. The van der Waals surface area contributed by atoms with E-state index in [0.29, 0.717) is 24.6 Å². The molecule has 1 amide bonds. The SMILES string of the molecule is CCOc1cc2c(cc1NC(=O)C1(CN)CC1)OC(C)C2. The minimum Gasteiger partial charge on any atom is -0.492 e. The van der Waals surface area contributed by atoms with Crippen LogP contribution in [0.3, 0.4) is 0 Å². The van der Waals surface area contributed by atoms with Gasteiger partial charge in [0.25, 0.3) is 0 Å². The first-order chi connectivity index (χ1) is 10.1. The number of carbonyl (C=O) groups excluding carboxylic acids is 1. The molecular formula is C16H22N2O3. The van der Waals surface area contributed by atoms with Crippen molar-refractivity contribution >= 4 is 11.6 Å². The second-order valence-electron chi connectivity index (χ2n) is 5.96. The lowest BCUT2D eigenvalue weighted by atomic mass is 10.1. The van der Waals surface area contributed by atoms with E-state index in [1.165, 1.54) is 0 Å². The second kappa shape index (κ2) is 5.22. The zero-order chi connectivity index (χ0) is 15.0. The Kier molecular flexibility index (Phi) is 3.53. The Balaban J connectivity index is 1.86. The van der Waals surface area contributed by atoms with Gasteiger partial charge in [0.15, 0.2) is 0 Å². The summed E-state index contributed by atoms with van der Waals surface area (Å²) in [6, 6.07) is 3.84. The molecule has 5 nitrogen and oxygen atoms in total. The third-order valence-electron chi connectivity index (χ3n) is 4.27. The highest BCUT2D eigenvalue weighted by atomic mass is 16.5. The third kappa shape index (κ3) is 2.58. The lowest BCUT2D eigenvalue weighted by Crippen LogP contribution is -2.31. The van der Waals surface area contributed by atoms with Crippen LogP contribution < -0.4 is 20.5 Å². The van der Waals surface area contributed by atoms with E-state index in [1.807, 2.05) is 26.0 Å². The Morgan fingerprint density at radius 2 is 2.29 bits per heavy atom. The summed E-state index contributed by atoms with van der Waals surface area (Å²) in [6.45, 7) is 4.91. The van der Waals surface area contributed by atoms with Crippen LogP contribution in [-0.2, 0) is 11.2 Å². The highest BCUT2D eigenvalue weighted by molar-refractivity contribution is 5.98. The van der Waals surface area contributed by atoms with Crippen LogP contribution in [0, 0.1) is 5.41 Å². The molecule has 0 saturated heterocycles. The topological polar surface area (TPSA) is 73.6 Å². The first kappa shape index (κ1) is 14.2. The molecule has 5 heteroatoms. The molecule has 21 heavy (non-hydrogen) atoms. The number of rotatable bonds is 5. The van der Waals surface area contributed by atoms with E-state index >= 15 is 0 Å². The van der Waals surface area contributed by atoms with Crippen LogP contribution in [-0.4, -0.2) is 25.2 Å². The maximum absolute atomic E-state index is 12.4. The van der Waals surface area contributed by atoms with Crippen molar-refractivity contribution in [1.82, 2.24) is 0 Å². The molecule has 1 unspecified atom stereocenters. The Hall–Kier alpha value is -1.75. The average Bonchev–Trinajstić information content (AvgIpc) is 3.17. The summed E-state index contributed by atoms with van der Waals surface area (Å²) < 4.78 is 11.4. The number of hydrogen-bond donors (Lipinski definition) is 2. The summed E-state index contributed by atoms with van der Waals surface area (Å²) >= 11 is 0. The van der Waals surface area contributed by atoms with E-state index in [9.17, 15) is 4.79 Å². The Labute approximate surface area is 124 Å². The molecule has 3 rings (SSSR count). The number of carbonyl (C=O) groups is 1. The number of anilines is 1. The van der Waals surface area contributed by atoms with Crippen molar-refractivity contribution in [2.75, 3.05) is 18.5 Å². The van der Waals surface area contributed by atoms with Crippen LogP contribution in [0.1, 0.15) is 32.3 Å². The van der Waals surface area contributed by atoms with Crippen LogP contribution in [0.4, 0.5) is 5.69 Å². The predicted octanol–water partition coefficient (Wildman–Crippen LogP) is 2.09. The Morgan fingerprint density at radius 3 is 2.90 bits per heavy atom. The van der Waals surface area contributed by atoms with Crippen molar-refractivity contribution in [3.63, 3.8) is 0 Å². The number of fused-ring (bicyclic) bond motifs is 1. The van der Waals surface area contributed by atoms with Gasteiger partial charge >= 0.3 is 0 Å². The van der Waals surface area contributed by atoms with Gasteiger partial charge in [-0.3, -0.25) is 4.79 Å². The first-order valence-corrected chi connectivity index (χ1v) is 7.56. The zero-order valence-electron chi connectivity index (χ0n) is 12.6. The average molecular weight is 290 g/mol. The molecule has 2 aliphatic rings. The van der Waals surface area contributed by atoms with Gasteiger partial charge in [-0.1, -0.05) is 0 Å². The predicted molar refractivity (Wildman–Crippen MR) is 80.8 cm³/mol. The van der Waals surface area contributed by atoms with Crippen LogP contribution in [0.5, 0.6) is 11.5 Å². The van der Waals surface area contributed by atoms with Gasteiger partial charge < -0.3 is 20.5 Å². The summed E-state index contributed by atoms with van der Waals surface area (Å²) in [6.07, 6.45) is 2.76. The van der Waals surface area contributed by atoms with E-state index < -0.39 is 0 Å². The van der Waals surface area contributed by atoms with Gasteiger partial charge in [-0.15, -0.1) is 0 Å². The van der Waals surface area contributed by atoms with Crippen LogP contribution in [0.15, 0.2) is 12.1 Å². The quantitative estimate of drug-likeness (QED) is 0.871. The van der Waals surface area contributed by atoms with Crippen LogP contribution in [0.2, 0.25) is 0 Å². The fraction of sp³-hybridized carbons (Fsp3) is 0.562. The van der Waals surface area contributed by atoms with Gasteiger partial charge in [0.05, 0.1) is 17.7 Å². The summed E-state index contributed by atoms with van der Waals surface area (Å²) in [5.41, 5.74) is 7.14. The monoisotopic (exact) mass is 290 g/mol. The van der Waals surface area contributed by atoms with Crippen LogP contribution >= 0.6 is 0 Å². The molecule has 1 aliphatic heterocycles. The summed E-state index contributed by atoms with van der Waals surface area (Å²) in [5, 5.41) is 2.97.